The summed E-state index contributed by atoms with van der Waals surface area (Å²) in [6.07, 6.45) is 26.2. The molecule has 0 aromatic carbocycles. The molecule has 0 heterocycles. The minimum Gasteiger partial charge on any atom is -0.478 e. The van der Waals surface area contributed by atoms with E-state index < -0.39 is 5.97 Å². The van der Waals surface area contributed by atoms with Crippen molar-refractivity contribution < 1.29 is 14.7 Å². The summed E-state index contributed by atoms with van der Waals surface area (Å²) in [6, 6.07) is 0. The van der Waals surface area contributed by atoms with Gasteiger partial charge in [-0.25, -0.2) is 4.79 Å². The normalized spacial score (nSPS) is 15.3. The molecule has 0 saturated heterocycles. The predicted octanol–water partition coefficient (Wildman–Crippen LogP) is 5.84. The topological polar surface area (TPSA) is 54.4 Å². The van der Waals surface area contributed by atoms with E-state index in [0.29, 0.717) is 0 Å². The first kappa shape index (κ1) is 23.8. The number of rotatable bonds is 10. The SMILES string of the molecule is CC(C=CC=C(C)C=CC=O)=CC=CC=C(C)C=CC=C(C)C=CC(=O)O. The summed E-state index contributed by atoms with van der Waals surface area (Å²) in [6.45, 7) is 7.79. The largest absolute Gasteiger partial charge is 0.478 e. The van der Waals surface area contributed by atoms with Crippen molar-refractivity contribution >= 4 is 12.3 Å². The molecule has 1 N–H and O–H groups in total. The van der Waals surface area contributed by atoms with Crippen LogP contribution in [0.3, 0.4) is 0 Å². The third-order valence-corrected chi connectivity index (χ3v) is 3.19. The number of aliphatic carboxylic acids is 1. The predicted molar refractivity (Wildman–Crippen MR) is 114 cm³/mol. The van der Waals surface area contributed by atoms with Gasteiger partial charge in [-0.2, -0.15) is 0 Å². The zero-order valence-corrected chi connectivity index (χ0v) is 16.4. The fraction of sp³-hybridized carbons (Fsp3) is 0.167. The van der Waals surface area contributed by atoms with Gasteiger partial charge in [0.15, 0.2) is 0 Å². The van der Waals surface area contributed by atoms with Gasteiger partial charge in [0.2, 0.25) is 0 Å². The molecule has 0 aromatic rings. The summed E-state index contributed by atoms with van der Waals surface area (Å²) >= 11 is 0. The fourth-order valence-corrected chi connectivity index (χ4v) is 1.73. The Morgan fingerprint density at radius 2 is 0.926 bits per heavy atom. The first-order chi connectivity index (χ1) is 12.8. The lowest BCUT2D eigenvalue weighted by Gasteiger charge is -1.90. The number of carbonyl (C=O) groups is 2. The Labute approximate surface area is 162 Å². The Morgan fingerprint density at radius 1 is 0.556 bits per heavy atom. The third-order valence-electron chi connectivity index (χ3n) is 3.19. The molecule has 0 radical (unpaired) electrons. The van der Waals surface area contributed by atoms with Crippen molar-refractivity contribution in [3.05, 3.63) is 107 Å². The van der Waals surface area contributed by atoms with E-state index in [4.69, 9.17) is 5.11 Å². The van der Waals surface area contributed by atoms with Crippen LogP contribution in [0.2, 0.25) is 0 Å². The molecule has 0 spiro atoms. The van der Waals surface area contributed by atoms with Crippen molar-refractivity contribution in [2.45, 2.75) is 27.7 Å². The van der Waals surface area contributed by atoms with Gasteiger partial charge in [-0.15, -0.1) is 0 Å². The number of aldehydes is 1. The van der Waals surface area contributed by atoms with Gasteiger partial charge >= 0.3 is 5.97 Å². The minimum atomic E-state index is -0.952. The number of hydrogen-bond donors (Lipinski definition) is 1. The molecular formula is C24H28O3. The number of carboxylic acids is 1. The molecule has 0 aliphatic carbocycles. The molecule has 0 fully saturated rings. The first-order valence-corrected chi connectivity index (χ1v) is 8.59. The van der Waals surface area contributed by atoms with Crippen LogP contribution in [0.25, 0.3) is 0 Å². The van der Waals surface area contributed by atoms with Gasteiger partial charge in [-0.3, -0.25) is 4.79 Å². The highest BCUT2D eigenvalue weighted by Gasteiger charge is 1.85. The summed E-state index contributed by atoms with van der Waals surface area (Å²) in [5, 5.41) is 8.56. The van der Waals surface area contributed by atoms with Crippen molar-refractivity contribution in [3.63, 3.8) is 0 Å². The number of carbonyl (C=O) groups excluding carboxylic acids is 1. The van der Waals surface area contributed by atoms with E-state index in [2.05, 4.69) is 0 Å². The van der Waals surface area contributed by atoms with Gasteiger partial charge in [0, 0.05) is 6.08 Å². The molecule has 0 unspecified atom stereocenters. The molecule has 0 aliphatic heterocycles. The second kappa shape index (κ2) is 15.1. The molecule has 27 heavy (non-hydrogen) atoms. The quantitative estimate of drug-likeness (QED) is 0.301. The minimum absolute atomic E-state index is 0.760. The highest BCUT2D eigenvalue weighted by Crippen LogP contribution is 2.02. The van der Waals surface area contributed by atoms with E-state index in [0.717, 1.165) is 34.7 Å². The lowest BCUT2D eigenvalue weighted by molar-refractivity contribution is -0.131. The molecule has 0 bridgehead atoms. The van der Waals surface area contributed by atoms with Gasteiger partial charge in [0.25, 0.3) is 0 Å². The summed E-state index contributed by atoms with van der Waals surface area (Å²) in [7, 11) is 0. The maximum Gasteiger partial charge on any atom is 0.328 e. The fourth-order valence-electron chi connectivity index (χ4n) is 1.73. The van der Waals surface area contributed by atoms with E-state index in [1.807, 2.05) is 88.5 Å². The van der Waals surface area contributed by atoms with Gasteiger partial charge in [0.1, 0.15) is 6.29 Å². The van der Waals surface area contributed by atoms with Gasteiger partial charge in [-0.1, -0.05) is 95.2 Å². The van der Waals surface area contributed by atoms with Crippen molar-refractivity contribution in [2.24, 2.45) is 0 Å². The molecule has 142 valence electrons. The molecule has 0 saturated carbocycles. The van der Waals surface area contributed by atoms with E-state index in [-0.39, 0.29) is 0 Å². The van der Waals surface area contributed by atoms with Crippen LogP contribution < -0.4 is 0 Å². The molecule has 3 heteroatoms. The average Bonchev–Trinajstić information content (AvgIpc) is 2.61. The third kappa shape index (κ3) is 16.0. The zero-order valence-electron chi connectivity index (χ0n) is 16.4. The van der Waals surface area contributed by atoms with E-state index in [1.54, 1.807) is 12.2 Å². The van der Waals surface area contributed by atoms with Crippen LogP contribution in [0.4, 0.5) is 0 Å². The van der Waals surface area contributed by atoms with Gasteiger partial charge in [0.05, 0.1) is 0 Å². The van der Waals surface area contributed by atoms with Crippen molar-refractivity contribution in [1.29, 1.82) is 0 Å². The number of allylic oxidation sites excluding steroid dienone is 17. The Bertz CT molecular complexity index is 761. The molecule has 3 nitrogen and oxygen atoms in total. The van der Waals surface area contributed by atoms with E-state index in [9.17, 15) is 9.59 Å². The smallest absolute Gasteiger partial charge is 0.328 e. The standard InChI is InChI=1S/C24H28O3/c1-20(12-7-14-22(3)16-9-19-25)10-5-6-11-21(2)13-8-15-23(4)17-18-24(26)27/h5-19H,1-4H3,(H,26,27). The molecule has 0 amide bonds. The molecule has 0 aliphatic rings. The molecular weight excluding hydrogens is 336 g/mol. The molecule has 0 rings (SSSR count). The van der Waals surface area contributed by atoms with Gasteiger partial charge in [-0.05, 0) is 33.8 Å². The Hall–Kier alpha value is -3.20. The van der Waals surface area contributed by atoms with Crippen LogP contribution in [0, 0.1) is 0 Å². The Balaban J connectivity index is 4.64. The van der Waals surface area contributed by atoms with Crippen molar-refractivity contribution in [2.75, 3.05) is 0 Å². The first-order valence-electron chi connectivity index (χ1n) is 8.59. The Kier molecular flexibility index (Phi) is 13.3. The van der Waals surface area contributed by atoms with Crippen molar-refractivity contribution in [1.82, 2.24) is 0 Å². The van der Waals surface area contributed by atoms with Crippen LogP contribution in [-0.4, -0.2) is 17.4 Å². The van der Waals surface area contributed by atoms with Crippen LogP contribution in [0.1, 0.15) is 27.7 Å². The monoisotopic (exact) mass is 364 g/mol. The number of hydrogen-bond acceptors (Lipinski definition) is 2. The van der Waals surface area contributed by atoms with E-state index >= 15 is 0 Å². The second-order valence-corrected chi connectivity index (χ2v) is 5.91. The lowest BCUT2D eigenvalue weighted by Crippen LogP contribution is -1.85. The Morgan fingerprint density at radius 3 is 1.33 bits per heavy atom. The zero-order chi connectivity index (χ0) is 20.5. The summed E-state index contributed by atoms with van der Waals surface area (Å²) in [5.41, 5.74) is 4.07. The second-order valence-electron chi connectivity index (χ2n) is 5.91. The van der Waals surface area contributed by atoms with Crippen LogP contribution in [0.5, 0.6) is 0 Å². The maximum absolute atomic E-state index is 10.4. The van der Waals surface area contributed by atoms with Crippen LogP contribution in [0.15, 0.2) is 107 Å². The van der Waals surface area contributed by atoms with Crippen LogP contribution in [-0.2, 0) is 9.59 Å². The lowest BCUT2D eigenvalue weighted by atomic mass is 10.2. The van der Waals surface area contributed by atoms with Crippen LogP contribution >= 0.6 is 0 Å². The highest BCUT2D eigenvalue weighted by molar-refractivity contribution is 5.80. The summed E-state index contributed by atoms with van der Waals surface area (Å²) in [5.74, 6) is -0.952. The maximum atomic E-state index is 10.4. The highest BCUT2D eigenvalue weighted by atomic mass is 16.4. The van der Waals surface area contributed by atoms with E-state index in [1.165, 1.54) is 6.08 Å². The summed E-state index contributed by atoms with van der Waals surface area (Å²) in [4.78, 5) is 20.7. The molecule has 0 atom stereocenters. The van der Waals surface area contributed by atoms with Crippen molar-refractivity contribution in [3.8, 4) is 0 Å². The molecule has 0 aromatic heterocycles. The summed E-state index contributed by atoms with van der Waals surface area (Å²) < 4.78 is 0. The number of carboxylic acid groups (broad SMARTS) is 1. The average molecular weight is 364 g/mol. The van der Waals surface area contributed by atoms with Gasteiger partial charge < -0.3 is 5.11 Å².